The first kappa shape index (κ1) is 25.2. The average Bonchev–Trinajstić information content (AvgIpc) is 2.79. The molecule has 0 saturated carbocycles. The van der Waals surface area contributed by atoms with Gasteiger partial charge in [-0.1, -0.05) is 36.4 Å². The zero-order valence-corrected chi connectivity index (χ0v) is 18.6. The summed E-state index contributed by atoms with van der Waals surface area (Å²) in [6, 6.07) is 14.6. The van der Waals surface area contributed by atoms with Gasteiger partial charge in [-0.2, -0.15) is 13.2 Å². The molecule has 3 N–H and O–H groups in total. The third-order valence-electron chi connectivity index (χ3n) is 4.69. The monoisotopic (exact) mass is 497 g/mol. The van der Waals surface area contributed by atoms with E-state index in [2.05, 4.69) is 24.9 Å². The molecule has 0 unspecified atom stereocenters. The lowest BCUT2D eigenvalue weighted by Crippen LogP contribution is -2.44. The van der Waals surface area contributed by atoms with Crippen molar-refractivity contribution in [1.29, 1.82) is 0 Å². The van der Waals surface area contributed by atoms with Gasteiger partial charge < -0.3 is 15.3 Å². The van der Waals surface area contributed by atoms with Crippen LogP contribution in [0.3, 0.4) is 0 Å². The molecule has 0 aliphatic carbocycles. The molecule has 0 radical (unpaired) electrons. The first-order valence-electron chi connectivity index (χ1n) is 10.1. The number of piperazine rings is 1. The van der Waals surface area contributed by atoms with Crippen LogP contribution in [0.5, 0.6) is 0 Å². The number of anilines is 2. The highest BCUT2D eigenvalue weighted by molar-refractivity contribution is 7.91. The molecule has 9 nitrogen and oxygen atoms in total. The molecule has 34 heavy (non-hydrogen) atoms. The second-order valence-corrected chi connectivity index (χ2v) is 9.02. The smallest absolute Gasteiger partial charge is 0.475 e. The summed E-state index contributed by atoms with van der Waals surface area (Å²) in [5, 5.41) is 11.3. The molecule has 1 aromatic carbocycles. The molecule has 0 bridgehead atoms. The zero-order valence-electron chi connectivity index (χ0n) is 17.8. The third kappa shape index (κ3) is 7.02. The van der Waals surface area contributed by atoms with Gasteiger partial charge in [0.2, 0.25) is 10.0 Å². The van der Waals surface area contributed by atoms with Crippen LogP contribution in [-0.4, -0.2) is 61.8 Å². The average molecular weight is 497 g/mol. The van der Waals surface area contributed by atoms with E-state index >= 15 is 0 Å². The fraction of sp³-hybridized carbons (Fsp3) is 0.286. The Morgan fingerprint density at radius 2 is 1.76 bits per heavy atom. The molecule has 1 fully saturated rings. The number of nitrogens with one attached hydrogen (secondary N) is 2. The summed E-state index contributed by atoms with van der Waals surface area (Å²) in [6.07, 6.45) is -3.35. The summed E-state index contributed by atoms with van der Waals surface area (Å²) in [7, 11) is -3.57. The molecule has 0 amide bonds. The van der Waals surface area contributed by atoms with E-state index in [0.717, 1.165) is 42.6 Å². The maximum Gasteiger partial charge on any atom is 0.490 e. The standard InChI is InChI=1S/C19H21N5O2S.C2HF3O2/c25-27(26,14-15-5-2-1-3-6-15)23-17-13-16-7-4-8-21-18(16)19(22-17)24-11-9-20-10-12-24;3-2(4,5)1(6)7/h1-8,13,20H,9-12,14H2,(H,22,23);(H,6,7). The Kier molecular flexibility index (Phi) is 7.89. The van der Waals surface area contributed by atoms with Gasteiger partial charge in [-0.3, -0.25) is 9.71 Å². The predicted molar refractivity (Wildman–Crippen MR) is 121 cm³/mol. The second-order valence-electron chi connectivity index (χ2n) is 7.29. The Labute approximate surface area is 193 Å². The van der Waals surface area contributed by atoms with Crippen LogP contribution in [0, 0.1) is 0 Å². The summed E-state index contributed by atoms with van der Waals surface area (Å²) in [5.74, 6) is -1.82. The first-order chi connectivity index (χ1) is 16.0. The summed E-state index contributed by atoms with van der Waals surface area (Å²) >= 11 is 0. The van der Waals surface area contributed by atoms with Crippen LogP contribution >= 0.6 is 0 Å². The van der Waals surface area contributed by atoms with Crippen LogP contribution in [0.2, 0.25) is 0 Å². The largest absolute Gasteiger partial charge is 0.490 e. The Balaban J connectivity index is 0.000000406. The number of benzene rings is 1. The Morgan fingerprint density at radius 3 is 2.38 bits per heavy atom. The number of fused-ring (bicyclic) bond motifs is 1. The molecule has 1 saturated heterocycles. The lowest BCUT2D eigenvalue weighted by Gasteiger charge is -2.29. The lowest BCUT2D eigenvalue weighted by molar-refractivity contribution is -0.192. The Bertz CT molecular complexity index is 1230. The maximum absolute atomic E-state index is 12.6. The van der Waals surface area contributed by atoms with Crippen molar-refractivity contribution in [2.75, 3.05) is 35.8 Å². The van der Waals surface area contributed by atoms with Gasteiger partial charge in [-0.05, 0) is 17.7 Å². The van der Waals surface area contributed by atoms with E-state index in [4.69, 9.17) is 9.90 Å². The second kappa shape index (κ2) is 10.7. The number of rotatable bonds is 5. The highest BCUT2D eigenvalue weighted by Crippen LogP contribution is 2.27. The van der Waals surface area contributed by atoms with Crippen LogP contribution in [0.15, 0.2) is 54.7 Å². The van der Waals surface area contributed by atoms with Crippen molar-refractivity contribution < 1.29 is 31.5 Å². The van der Waals surface area contributed by atoms with Crippen LogP contribution in [0.25, 0.3) is 10.9 Å². The molecular formula is C21H22F3N5O4S. The number of carboxylic acids is 1. The number of halogens is 3. The van der Waals surface area contributed by atoms with E-state index in [0.29, 0.717) is 11.6 Å². The number of sulfonamides is 1. The Hall–Kier alpha value is -3.45. The minimum Gasteiger partial charge on any atom is -0.475 e. The number of hydrogen-bond donors (Lipinski definition) is 3. The van der Waals surface area contributed by atoms with Gasteiger partial charge in [0, 0.05) is 37.8 Å². The molecular weight excluding hydrogens is 475 g/mol. The number of alkyl halides is 3. The van der Waals surface area contributed by atoms with Crippen LogP contribution < -0.4 is 14.9 Å². The number of carbonyl (C=O) groups is 1. The summed E-state index contributed by atoms with van der Waals surface area (Å²) in [5.41, 5.74) is 1.51. The van der Waals surface area contributed by atoms with E-state index in [-0.39, 0.29) is 5.75 Å². The number of nitrogens with zero attached hydrogens (tertiary/aromatic N) is 3. The van der Waals surface area contributed by atoms with Crippen molar-refractivity contribution in [2.45, 2.75) is 11.9 Å². The van der Waals surface area contributed by atoms with Crippen molar-refractivity contribution in [3.05, 3.63) is 60.3 Å². The summed E-state index contributed by atoms with van der Waals surface area (Å²) in [6.45, 7) is 3.33. The van der Waals surface area contributed by atoms with E-state index < -0.39 is 22.2 Å². The summed E-state index contributed by atoms with van der Waals surface area (Å²) in [4.78, 5) is 20.1. The van der Waals surface area contributed by atoms with Crippen molar-refractivity contribution in [3.8, 4) is 0 Å². The predicted octanol–water partition coefficient (Wildman–Crippen LogP) is 2.61. The van der Waals surface area contributed by atoms with Gasteiger partial charge in [-0.25, -0.2) is 18.2 Å². The van der Waals surface area contributed by atoms with Crippen molar-refractivity contribution in [1.82, 2.24) is 15.3 Å². The van der Waals surface area contributed by atoms with Crippen molar-refractivity contribution in [3.63, 3.8) is 0 Å². The Morgan fingerprint density at radius 1 is 1.12 bits per heavy atom. The van der Waals surface area contributed by atoms with Crippen LogP contribution in [0.4, 0.5) is 24.8 Å². The third-order valence-corrected chi connectivity index (χ3v) is 5.92. The molecule has 0 atom stereocenters. The molecule has 1 aliphatic heterocycles. The van der Waals surface area contributed by atoms with Crippen LogP contribution in [0.1, 0.15) is 5.56 Å². The topological polar surface area (TPSA) is 125 Å². The number of carboxylic acid groups (broad SMARTS) is 1. The van der Waals surface area contributed by atoms with Crippen molar-refractivity contribution in [2.24, 2.45) is 0 Å². The number of aromatic nitrogens is 2. The van der Waals surface area contributed by atoms with Crippen molar-refractivity contribution >= 4 is 38.5 Å². The molecule has 2 aromatic heterocycles. The number of hydrogen-bond acceptors (Lipinski definition) is 7. The van der Waals surface area contributed by atoms with Gasteiger partial charge >= 0.3 is 12.1 Å². The normalized spacial score (nSPS) is 14.3. The molecule has 1 aliphatic rings. The summed E-state index contributed by atoms with van der Waals surface area (Å²) < 4.78 is 59.6. The minimum absolute atomic E-state index is 0.0937. The SMILES string of the molecule is O=C(O)C(F)(F)F.O=S(=O)(Cc1ccccc1)Nc1cc2cccnc2c(N2CCNCC2)n1. The maximum atomic E-state index is 12.6. The van der Waals surface area contributed by atoms with E-state index in [1.807, 2.05) is 30.3 Å². The highest BCUT2D eigenvalue weighted by atomic mass is 32.2. The fourth-order valence-corrected chi connectivity index (χ4v) is 4.33. The van der Waals surface area contributed by atoms with E-state index in [1.54, 1.807) is 24.4 Å². The molecule has 182 valence electrons. The fourth-order valence-electron chi connectivity index (χ4n) is 3.21. The van der Waals surface area contributed by atoms with Gasteiger partial charge in [-0.15, -0.1) is 0 Å². The quantitative estimate of drug-likeness (QED) is 0.492. The van der Waals surface area contributed by atoms with Gasteiger partial charge in [0.25, 0.3) is 0 Å². The van der Waals surface area contributed by atoms with Gasteiger partial charge in [0.1, 0.15) is 11.3 Å². The molecule has 3 aromatic rings. The van der Waals surface area contributed by atoms with Gasteiger partial charge in [0.05, 0.1) is 5.75 Å². The minimum atomic E-state index is -5.08. The van der Waals surface area contributed by atoms with E-state index in [9.17, 15) is 21.6 Å². The number of pyridine rings is 2. The molecule has 0 spiro atoms. The highest BCUT2D eigenvalue weighted by Gasteiger charge is 2.38. The molecule has 3 heterocycles. The van der Waals surface area contributed by atoms with Crippen LogP contribution in [-0.2, 0) is 20.6 Å². The van der Waals surface area contributed by atoms with Gasteiger partial charge in [0.15, 0.2) is 5.82 Å². The zero-order chi connectivity index (χ0) is 24.8. The number of aliphatic carboxylic acids is 1. The first-order valence-corrected chi connectivity index (χ1v) is 11.8. The lowest BCUT2D eigenvalue weighted by atomic mass is 10.2. The van der Waals surface area contributed by atoms with E-state index in [1.165, 1.54) is 0 Å². The molecule has 4 rings (SSSR count). The molecule has 13 heteroatoms.